The monoisotopic (exact) mass is 396 g/mol. The zero-order chi connectivity index (χ0) is 19.9. The summed E-state index contributed by atoms with van der Waals surface area (Å²) in [6, 6.07) is 15.6. The second kappa shape index (κ2) is 9.32. The molecule has 1 aliphatic rings. The van der Waals surface area contributed by atoms with Crippen molar-refractivity contribution in [2.24, 2.45) is 5.10 Å². The van der Waals surface area contributed by atoms with Gasteiger partial charge in [0.25, 0.3) is 0 Å². The van der Waals surface area contributed by atoms with Gasteiger partial charge in [-0.15, -0.1) is 0 Å². The summed E-state index contributed by atoms with van der Waals surface area (Å²) in [6.07, 6.45) is 1.55. The summed E-state index contributed by atoms with van der Waals surface area (Å²) in [7, 11) is 1.64. The predicted molar refractivity (Wildman–Crippen MR) is 116 cm³/mol. The van der Waals surface area contributed by atoms with Crippen LogP contribution < -0.4 is 20.4 Å². The van der Waals surface area contributed by atoms with Crippen molar-refractivity contribution in [1.82, 2.24) is 10.7 Å². The Kier molecular flexibility index (Phi) is 6.60. The fourth-order valence-corrected chi connectivity index (χ4v) is 3.09. The van der Waals surface area contributed by atoms with Crippen LogP contribution in [-0.2, 0) is 11.3 Å². The van der Waals surface area contributed by atoms with Gasteiger partial charge in [-0.25, -0.2) is 0 Å². The molecule has 0 unspecified atom stereocenters. The Hall–Kier alpha value is -2.93. The standard InChI is InChI=1S/C21H24N4O2S/c1-15(17-7-9-18(10-8-17)25-13-3-4-20(25)26)23-24-21(28)22-14-16-5-11-19(27-2)12-6-16/h5-12H,3-4,13-14H2,1-2H3,(H2,22,24,28)/b23-15-. The maximum Gasteiger partial charge on any atom is 0.227 e. The summed E-state index contributed by atoms with van der Waals surface area (Å²) in [5.41, 5.74) is 6.68. The Morgan fingerprint density at radius 3 is 2.50 bits per heavy atom. The second-order valence-electron chi connectivity index (χ2n) is 6.54. The van der Waals surface area contributed by atoms with Gasteiger partial charge in [-0.1, -0.05) is 24.3 Å². The second-order valence-corrected chi connectivity index (χ2v) is 6.94. The molecule has 0 bridgehead atoms. The quantitative estimate of drug-likeness (QED) is 0.446. The third-order valence-electron chi connectivity index (χ3n) is 4.61. The van der Waals surface area contributed by atoms with E-state index in [4.69, 9.17) is 17.0 Å². The van der Waals surface area contributed by atoms with Crippen molar-refractivity contribution in [3.8, 4) is 5.75 Å². The minimum absolute atomic E-state index is 0.188. The molecule has 2 N–H and O–H groups in total. The van der Waals surface area contributed by atoms with Crippen LogP contribution in [0, 0.1) is 0 Å². The van der Waals surface area contributed by atoms with Crippen LogP contribution >= 0.6 is 12.2 Å². The molecular formula is C21H24N4O2S. The molecule has 0 aliphatic carbocycles. The van der Waals surface area contributed by atoms with Crippen LogP contribution in [0.1, 0.15) is 30.9 Å². The Labute approximate surface area is 170 Å². The van der Waals surface area contributed by atoms with Crippen LogP contribution in [0.15, 0.2) is 53.6 Å². The van der Waals surface area contributed by atoms with Crippen LogP contribution in [0.4, 0.5) is 5.69 Å². The highest BCUT2D eigenvalue weighted by atomic mass is 32.1. The van der Waals surface area contributed by atoms with Gasteiger partial charge in [0.2, 0.25) is 5.91 Å². The molecule has 1 fully saturated rings. The summed E-state index contributed by atoms with van der Waals surface area (Å²) in [4.78, 5) is 13.7. The Balaban J connectivity index is 1.51. The third kappa shape index (κ3) is 5.07. The van der Waals surface area contributed by atoms with Gasteiger partial charge in [-0.2, -0.15) is 5.10 Å². The number of methoxy groups -OCH3 is 1. The minimum atomic E-state index is 0.188. The van der Waals surface area contributed by atoms with Crippen molar-refractivity contribution in [2.75, 3.05) is 18.6 Å². The van der Waals surface area contributed by atoms with E-state index in [2.05, 4.69) is 15.8 Å². The van der Waals surface area contributed by atoms with Gasteiger partial charge < -0.3 is 15.0 Å². The molecule has 146 valence electrons. The molecule has 0 spiro atoms. The first kappa shape index (κ1) is 19.8. The number of thiocarbonyl (C=S) groups is 1. The van der Waals surface area contributed by atoms with Gasteiger partial charge in [0.1, 0.15) is 5.75 Å². The molecule has 1 amide bonds. The first-order valence-corrected chi connectivity index (χ1v) is 9.59. The van der Waals surface area contributed by atoms with Crippen molar-refractivity contribution in [1.29, 1.82) is 0 Å². The van der Waals surface area contributed by atoms with Crippen LogP contribution in [-0.4, -0.2) is 30.4 Å². The number of anilines is 1. The van der Waals surface area contributed by atoms with E-state index in [1.54, 1.807) is 7.11 Å². The number of rotatable bonds is 6. The highest BCUT2D eigenvalue weighted by Gasteiger charge is 2.21. The summed E-state index contributed by atoms with van der Waals surface area (Å²) in [5.74, 6) is 1.01. The molecule has 6 nitrogen and oxygen atoms in total. The first-order chi connectivity index (χ1) is 13.6. The molecule has 0 atom stereocenters. The summed E-state index contributed by atoms with van der Waals surface area (Å²) >= 11 is 5.28. The molecule has 28 heavy (non-hydrogen) atoms. The van der Waals surface area contributed by atoms with E-state index in [9.17, 15) is 4.79 Å². The average molecular weight is 397 g/mol. The Bertz CT molecular complexity index is 863. The van der Waals surface area contributed by atoms with Crippen molar-refractivity contribution in [3.05, 3.63) is 59.7 Å². The summed E-state index contributed by atoms with van der Waals surface area (Å²) in [5, 5.41) is 7.91. The normalized spacial score (nSPS) is 14.1. The number of hydrazone groups is 1. The Morgan fingerprint density at radius 1 is 1.18 bits per heavy atom. The van der Waals surface area contributed by atoms with Crippen molar-refractivity contribution < 1.29 is 9.53 Å². The maximum atomic E-state index is 11.8. The molecule has 7 heteroatoms. The Morgan fingerprint density at radius 2 is 1.89 bits per heavy atom. The number of amides is 1. The van der Waals surface area contributed by atoms with E-state index in [0.717, 1.165) is 41.2 Å². The van der Waals surface area contributed by atoms with Crippen LogP contribution in [0.3, 0.4) is 0 Å². The molecule has 0 saturated carbocycles. The number of benzene rings is 2. The molecule has 0 aromatic heterocycles. The number of carbonyl (C=O) groups excluding carboxylic acids is 1. The fourth-order valence-electron chi connectivity index (χ4n) is 2.97. The summed E-state index contributed by atoms with van der Waals surface area (Å²) in [6.45, 7) is 3.30. The highest BCUT2D eigenvalue weighted by Crippen LogP contribution is 2.21. The SMILES string of the molecule is COc1ccc(CNC(=S)N/N=C(/C)c2ccc(N3CCCC3=O)cc2)cc1. The van der Waals surface area contributed by atoms with E-state index in [1.165, 1.54) is 0 Å². The van der Waals surface area contributed by atoms with Gasteiger partial charge in [-0.3, -0.25) is 10.2 Å². The van der Waals surface area contributed by atoms with Crippen LogP contribution in [0.25, 0.3) is 0 Å². The van der Waals surface area contributed by atoms with E-state index >= 15 is 0 Å². The highest BCUT2D eigenvalue weighted by molar-refractivity contribution is 7.80. The average Bonchev–Trinajstić information content (AvgIpc) is 3.16. The first-order valence-electron chi connectivity index (χ1n) is 9.18. The molecule has 1 heterocycles. The lowest BCUT2D eigenvalue weighted by molar-refractivity contribution is -0.117. The van der Waals surface area contributed by atoms with Crippen LogP contribution in [0.5, 0.6) is 5.75 Å². The predicted octanol–water partition coefficient (Wildman–Crippen LogP) is 3.21. The zero-order valence-corrected chi connectivity index (χ0v) is 16.9. The lowest BCUT2D eigenvalue weighted by Gasteiger charge is -2.16. The van der Waals surface area contributed by atoms with Crippen molar-refractivity contribution >= 4 is 34.6 Å². The van der Waals surface area contributed by atoms with Gasteiger partial charge in [0.15, 0.2) is 5.11 Å². The van der Waals surface area contributed by atoms with E-state index in [1.807, 2.05) is 60.4 Å². The molecular weight excluding hydrogens is 372 g/mol. The number of carbonyl (C=O) groups is 1. The number of hydrogen-bond acceptors (Lipinski definition) is 4. The van der Waals surface area contributed by atoms with Crippen molar-refractivity contribution in [2.45, 2.75) is 26.3 Å². The van der Waals surface area contributed by atoms with Gasteiger partial charge >= 0.3 is 0 Å². The summed E-state index contributed by atoms with van der Waals surface area (Å²) < 4.78 is 5.15. The molecule has 1 saturated heterocycles. The number of hydrogen-bond donors (Lipinski definition) is 2. The smallest absolute Gasteiger partial charge is 0.227 e. The van der Waals surface area contributed by atoms with E-state index in [-0.39, 0.29) is 5.91 Å². The maximum absolute atomic E-state index is 11.8. The number of nitrogens with one attached hydrogen (secondary N) is 2. The lowest BCUT2D eigenvalue weighted by atomic mass is 10.1. The zero-order valence-electron chi connectivity index (χ0n) is 16.1. The van der Waals surface area contributed by atoms with E-state index in [0.29, 0.717) is 18.1 Å². The molecule has 3 rings (SSSR count). The van der Waals surface area contributed by atoms with Crippen molar-refractivity contribution in [3.63, 3.8) is 0 Å². The fraction of sp³-hybridized carbons (Fsp3) is 0.286. The lowest BCUT2D eigenvalue weighted by Crippen LogP contribution is -2.32. The number of ether oxygens (including phenoxy) is 1. The van der Waals surface area contributed by atoms with Crippen LogP contribution in [0.2, 0.25) is 0 Å². The molecule has 2 aromatic rings. The third-order valence-corrected chi connectivity index (χ3v) is 4.84. The topological polar surface area (TPSA) is 66.0 Å². The largest absolute Gasteiger partial charge is 0.497 e. The van der Waals surface area contributed by atoms with Gasteiger partial charge in [0.05, 0.1) is 12.8 Å². The molecule has 1 aliphatic heterocycles. The number of nitrogens with zero attached hydrogens (tertiary/aromatic N) is 2. The molecule has 0 radical (unpaired) electrons. The minimum Gasteiger partial charge on any atom is -0.497 e. The van der Waals surface area contributed by atoms with E-state index < -0.39 is 0 Å². The van der Waals surface area contributed by atoms with Gasteiger partial charge in [0, 0.05) is 25.2 Å². The van der Waals surface area contributed by atoms with Gasteiger partial charge in [-0.05, 0) is 61.0 Å². The molecule has 2 aromatic carbocycles.